The van der Waals surface area contributed by atoms with Crippen LogP contribution in [-0.4, -0.2) is 13.0 Å². The highest BCUT2D eigenvalue weighted by Crippen LogP contribution is 2.20. The predicted octanol–water partition coefficient (Wildman–Crippen LogP) is 3.68. The van der Waals surface area contributed by atoms with E-state index in [1.165, 1.54) is 25.3 Å². The second kappa shape index (κ2) is 6.98. The van der Waals surface area contributed by atoms with Gasteiger partial charge in [0, 0.05) is 6.42 Å². The number of benzene rings is 2. The smallest absolute Gasteiger partial charge is 0.224 e. The molecule has 2 aromatic carbocycles. The van der Waals surface area contributed by atoms with Gasteiger partial charge in [0.1, 0.15) is 17.3 Å². The number of hydrogen-bond donors (Lipinski definition) is 1. The van der Waals surface area contributed by atoms with Gasteiger partial charge in [-0.1, -0.05) is 12.1 Å². The molecule has 3 nitrogen and oxygen atoms in total. The number of hydrogen-bond acceptors (Lipinski definition) is 2. The van der Waals surface area contributed by atoms with Crippen LogP contribution in [0.15, 0.2) is 36.4 Å². The van der Waals surface area contributed by atoms with Crippen LogP contribution in [-0.2, 0) is 11.2 Å². The zero-order valence-electron chi connectivity index (χ0n) is 11.8. The summed E-state index contributed by atoms with van der Waals surface area (Å²) in [5.41, 5.74) is 0.107. The number of ether oxygens (including phenoxy) is 1. The van der Waals surface area contributed by atoms with Crippen molar-refractivity contribution < 1.29 is 22.7 Å². The summed E-state index contributed by atoms with van der Waals surface area (Å²) in [6.07, 6.45) is 0.211. The molecule has 6 heteroatoms. The lowest BCUT2D eigenvalue weighted by molar-refractivity contribution is -0.116. The monoisotopic (exact) mass is 309 g/mol. The van der Waals surface area contributed by atoms with Crippen LogP contribution >= 0.6 is 0 Å². The first kappa shape index (κ1) is 15.9. The third-order valence-corrected chi connectivity index (χ3v) is 3.08. The number of para-hydroxylation sites is 1. The summed E-state index contributed by atoms with van der Waals surface area (Å²) in [7, 11) is 1.36. The number of aryl methyl sites for hydroxylation is 1. The molecule has 0 aromatic heterocycles. The number of carbonyl (C=O) groups excluding carboxylic acids is 1. The van der Waals surface area contributed by atoms with Gasteiger partial charge in [-0.3, -0.25) is 4.79 Å². The molecule has 0 fully saturated rings. The molecule has 0 aliphatic carbocycles. The fourth-order valence-corrected chi connectivity index (χ4v) is 1.94. The lowest BCUT2D eigenvalue weighted by atomic mass is 10.1. The van der Waals surface area contributed by atoms with E-state index < -0.39 is 29.0 Å². The van der Waals surface area contributed by atoms with Gasteiger partial charge in [-0.25, -0.2) is 13.2 Å². The van der Waals surface area contributed by atoms with Gasteiger partial charge in [-0.2, -0.15) is 0 Å². The zero-order valence-corrected chi connectivity index (χ0v) is 11.8. The van der Waals surface area contributed by atoms with E-state index in [2.05, 4.69) is 5.32 Å². The Morgan fingerprint density at radius 3 is 2.36 bits per heavy atom. The van der Waals surface area contributed by atoms with Crippen molar-refractivity contribution in [3.05, 3.63) is 59.4 Å². The molecule has 2 aromatic rings. The third-order valence-electron chi connectivity index (χ3n) is 3.08. The number of amides is 1. The highest BCUT2D eigenvalue weighted by atomic mass is 19.1. The van der Waals surface area contributed by atoms with Crippen LogP contribution in [0.4, 0.5) is 18.9 Å². The zero-order chi connectivity index (χ0) is 16.1. The molecule has 1 amide bonds. The van der Waals surface area contributed by atoms with E-state index in [-0.39, 0.29) is 18.6 Å². The Morgan fingerprint density at radius 1 is 1.09 bits per heavy atom. The van der Waals surface area contributed by atoms with E-state index in [4.69, 9.17) is 4.74 Å². The Bertz CT molecular complexity index is 669. The molecule has 0 unspecified atom stereocenters. The molecule has 0 radical (unpaired) electrons. The molecule has 0 aliphatic heterocycles. The summed E-state index contributed by atoms with van der Waals surface area (Å²) in [5, 5.41) is 2.18. The number of carbonyl (C=O) groups is 1. The van der Waals surface area contributed by atoms with Crippen molar-refractivity contribution >= 4 is 11.6 Å². The molecule has 0 spiro atoms. The normalized spacial score (nSPS) is 10.4. The summed E-state index contributed by atoms with van der Waals surface area (Å²) in [6.45, 7) is 0. The highest BCUT2D eigenvalue weighted by molar-refractivity contribution is 5.91. The minimum atomic E-state index is -0.844. The summed E-state index contributed by atoms with van der Waals surface area (Å²) < 4.78 is 45.1. The van der Waals surface area contributed by atoms with Crippen molar-refractivity contribution in [3.63, 3.8) is 0 Å². The average Bonchev–Trinajstić information content (AvgIpc) is 2.49. The summed E-state index contributed by atoms with van der Waals surface area (Å²) in [4.78, 5) is 11.7. The van der Waals surface area contributed by atoms with Crippen molar-refractivity contribution in [2.45, 2.75) is 12.8 Å². The van der Waals surface area contributed by atoms with Crippen molar-refractivity contribution in [2.75, 3.05) is 12.4 Å². The molecule has 1 N–H and O–H groups in total. The Morgan fingerprint density at radius 2 is 1.77 bits per heavy atom. The molecular formula is C16H14F3NO2. The van der Waals surface area contributed by atoms with Crippen LogP contribution in [0, 0.1) is 17.5 Å². The fourth-order valence-electron chi connectivity index (χ4n) is 1.94. The van der Waals surface area contributed by atoms with Gasteiger partial charge in [0.15, 0.2) is 11.6 Å². The molecule has 0 atom stereocenters. The van der Waals surface area contributed by atoms with Gasteiger partial charge in [-0.15, -0.1) is 0 Å². The third kappa shape index (κ3) is 3.78. The first-order chi connectivity index (χ1) is 10.5. The quantitative estimate of drug-likeness (QED) is 0.915. The van der Waals surface area contributed by atoms with Gasteiger partial charge in [0.2, 0.25) is 5.91 Å². The lowest BCUT2D eigenvalue weighted by Gasteiger charge is -2.08. The van der Waals surface area contributed by atoms with Crippen LogP contribution in [0.1, 0.15) is 12.0 Å². The van der Waals surface area contributed by atoms with Gasteiger partial charge >= 0.3 is 0 Å². The van der Waals surface area contributed by atoms with Gasteiger partial charge in [0.25, 0.3) is 0 Å². The Kier molecular flexibility index (Phi) is 5.04. The van der Waals surface area contributed by atoms with E-state index in [0.29, 0.717) is 5.56 Å². The van der Waals surface area contributed by atoms with E-state index in [9.17, 15) is 18.0 Å². The maximum Gasteiger partial charge on any atom is 0.224 e. The summed E-state index contributed by atoms with van der Waals surface area (Å²) in [6, 6.07) is 7.66. The number of methoxy groups -OCH3 is 1. The SMILES string of the molecule is COc1ccc(CCC(=O)Nc2c(F)cccc2F)cc1F. The van der Waals surface area contributed by atoms with Crippen molar-refractivity contribution in [2.24, 2.45) is 0 Å². The van der Waals surface area contributed by atoms with Crippen molar-refractivity contribution in [1.29, 1.82) is 0 Å². The molecule has 0 saturated heterocycles. The second-order valence-electron chi connectivity index (χ2n) is 4.61. The number of rotatable bonds is 5. The predicted molar refractivity (Wildman–Crippen MR) is 76.3 cm³/mol. The summed E-state index contributed by atoms with van der Waals surface area (Å²) in [5.74, 6) is -2.66. The number of anilines is 1. The van der Waals surface area contributed by atoms with Crippen LogP contribution in [0.2, 0.25) is 0 Å². The molecule has 0 saturated carbocycles. The Labute approximate surface area is 125 Å². The maximum atomic E-state index is 13.5. The lowest BCUT2D eigenvalue weighted by Crippen LogP contribution is -2.14. The summed E-state index contributed by atoms with van der Waals surface area (Å²) >= 11 is 0. The number of halogens is 3. The molecule has 0 bridgehead atoms. The van der Waals surface area contributed by atoms with Crippen LogP contribution < -0.4 is 10.1 Å². The molecule has 2 rings (SSSR count). The standard InChI is InChI=1S/C16H14F3NO2/c1-22-14-7-5-10(9-13(14)19)6-8-15(21)20-16-11(17)3-2-4-12(16)18/h2-5,7,9H,6,8H2,1H3,(H,20,21). The van der Waals surface area contributed by atoms with E-state index in [1.54, 1.807) is 6.07 Å². The van der Waals surface area contributed by atoms with E-state index >= 15 is 0 Å². The molecule has 0 aliphatic rings. The Balaban J connectivity index is 1.97. The largest absolute Gasteiger partial charge is 0.494 e. The van der Waals surface area contributed by atoms with Gasteiger partial charge < -0.3 is 10.1 Å². The minimum absolute atomic E-state index is 0.0282. The molecular weight excluding hydrogens is 295 g/mol. The topological polar surface area (TPSA) is 38.3 Å². The molecule has 0 heterocycles. The van der Waals surface area contributed by atoms with Crippen molar-refractivity contribution in [3.8, 4) is 5.75 Å². The maximum absolute atomic E-state index is 13.5. The molecule has 116 valence electrons. The van der Waals surface area contributed by atoms with Crippen LogP contribution in [0.5, 0.6) is 5.75 Å². The first-order valence-corrected chi connectivity index (χ1v) is 6.57. The highest BCUT2D eigenvalue weighted by Gasteiger charge is 2.12. The van der Waals surface area contributed by atoms with E-state index in [0.717, 1.165) is 12.1 Å². The fraction of sp³-hybridized carbons (Fsp3) is 0.188. The molecule has 22 heavy (non-hydrogen) atoms. The Hall–Kier alpha value is -2.50. The van der Waals surface area contributed by atoms with Gasteiger partial charge in [-0.05, 0) is 36.2 Å². The van der Waals surface area contributed by atoms with Crippen molar-refractivity contribution in [1.82, 2.24) is 0 Å². The number of nitrogens with one attached hydrogen (secondary N) is 1. The van der Waals surface area contributed by atoms with Crippen LogP contribution in [0.3, 0.4) is 0 Å². The first-order valence-electron chi connectivity index (χ1n) is 6.57. The average molecular weight is 309 g/mol. The minimum Gasteiger partial charge on any atom is -0.494 e. The van der Waals surface area contributed by atoms with Crippen LogP contribution in [0.25, 0.3) is 0 Å². The van der Waals surface area contributed by atoms with Gasteiger partial charge in [0.05, 0.1) is 7.11 Å². The van der Waals surface area contributed by atoms with E-state index in [1.807, 2.05) is 0 Å². The second-order valence-corrected chi connectivity index (χ2v) is 4.61.